The molecule has 0 spiro atoms. The molecule has 0 aliphatic rings. The maximum absolute atomic E-state index is 5.79. The minimum atomic E-state index is 0.454. The van der Waals surface area contributed by atoms with Crippen LogP contribution in [0, 0.1) is 18.8 Å². The lowest BCUT2D eigenvalue weighted by Crippen LogP contribution is -1.84. The van der Waals surface area contributed by atoms with Gasteiger partial charge in [0, 0.05) is 6.20 Å². The van der Waals surface area contributed by atoms with E-state index in [1.54, 1.807) is 6.20 Å². The summed E-state index contributed by atoms with van der Waals surface area (Å²) in [6.07, 6.45) is 1.72. The third kappa shape index (κ3) is 2.44. The van der Waals surface area contributed by atoms with Crippen LogP contribution in [-0.2, 0) is 0 Å². The van der Waals surface area contributed by atoms with Gasteiger partial charge in [-0.3, -0.25) is 0 Å². The molecule has 1 heterocycles. The first-order valence-corrected chi connectivity index (χ1v) is 4.47. The molecule has 1 aromatic rings. The zero-order valence-corrected chi connectivity index (χ0v) is 8.28. The van der Waals surface area contributed by atoms with Gasteiger partial charge in [0.2, 0.25) is 0 Å². The van der Waals surface area contributed by atoms with Crippen molar-refractivity contribution in [3.05, 3.63) is 28.5 Å². The molecule has 0 N–H and O–H groups in total. The molecule has 0 radical (unpaired) electrons. The predicted molar refractivity (Wildman–Crippen MR) is 54.7 cm³/mol. The first kappa shape index (κ1) is 9.44. The standard InChI is InChI=1S/C9H8ClNS/c1-7-5-8(3-2-4-12)9(10)11-6-7/h5-6,12H,4H2,1H3. The summed E-state index contributed by atoms with van der Waals surface area (Å²) < 4.78 is 0. The van der Waals surface area contributed by atoms with Crippen LogP contribution < -0.4 is 0 Å². The molecule has 0 bridgehead atoms. The number of nitrogens with zero attached hydrogens (tertiary/aromatic N) is 1. The van der Waals surface area contributed by atoms with Crippen LogP contribution >= 0.6 is 24.2 Å². The summed E-state index contributed by atoms with van der Waals surface area (Å²) in [5.74, 6) is 6.24. The van der Waals surface area contributed by atoms with Crippen LogP contribution in [0.25, 0.3) is 0 Å². The largest absolute Gasteiger partial charge is 0.243 e. The Morgan fingerprint density at radius 3 is 3.08 bits per heavy atom. The number of hydrogen-bond acceptors (Lipinski definition) is 2. The number of rotatable bonds is 0. The maximum Gasteiger partial charge on any atom is 0.144 e. The fraction of sp³-hybridized carbons (Fsp3) is 0.222. The van der Waals surface area contributed by atoms with Gasteiger partial charge < -0.3 is 0 Å². The maximum atomic E-state index is 5.79. The lowest BCUT2D eigenvalue weighted by atomic mass is 10.2. The average Bonchev–Trinajstić information content (AvgIpc) is 2.07. The number of aromatic nitrogens is 1. The van der Waals surface area contributed by atoms with Crippen LogP contribution in [0.3, 0.4) is 0 Å². The van der Waals surface area contributed by atoms with E-state index in [0.29, 0.717) is 10.9 Å². The molecule has 1 aromatic heterocycles. The summed E-state index contributed by atoms with van der Waals surface area (Å²) in [5, 5.41) is 0.454. The van der Waals surface area contributed by atoms with Gasteiger partial charge in [-0.1, -0.05) is 23.4 Å². The number of aryl methyl sites for hydroxylation is 1. The zero-order valence-electron chi connectivity index (χ0n) is 6.63. The van der Waals surface area contributed by atoms with E-state index in [-0.39, 0.29) is 0 Å². The number of thiol groups is 1. The van der Waals surface area contributed by atoms with Gasteiger partial charge in [0.1, 0.15) is 5.15 Å². The molecule has 62 valence electrons. The molecule has 0 atom stereocenters. The summed E-state index contributed by atoms with van der Waals surface area (Å²) >= 11 is 9.77. The summed E-state index contributed by atoms with van der Waals surface area (Å²) in [6, 6.07) is 1.91. The Bertz CT molecular complexity index is 338. The van der Waals surface area contributed by atoms with Crippen molar-refractivity contribution in [1.29, 1.82) is 0 Å². The summed E-state index contributed by atoms with van der Waals surface area (Å²) in [7, 11) is 0. The highest BCUT2D eigenvalue weighted by Gasteiger charge is 1.96. The molecule has 0 aromatic carbocycles. The minimum Gasteiger partial charge on any atom is -0.243 e. The Morgan fingerprint density at radius 2 is 2.42 bits per heavy atom. The third-order valence-electron chi connectivity index (χ3n) is 1.28. The Morgan fingerprint density at radius 1 is 1.67 bits per heavy atom. The first-order chi connectivity index (χ1) is 5.74. The van der Waals surface area contributed by atoms with Crippen molar-refractivity contribution < 1.29 is 0 Å². The van der Waals surface area contributed by atoms with Gasteiger partial charge in [-0.05, 0) is 18.6 Å². The lowest BCUT2D eigenvalue weighted by molar-refractivity contribution is 1.25. The number of halogens is 1. The van der Waals surface area contributed by atoms with Crippen molar-refractivity contribution in [2.24, 2.45) is 0 Å². The van der Waals surface area contributed by atoms with Crippen LogP contribution in [0.2, 0.25) is 5.15 Å². The molecule has 0 saturated carbocycles. The van der Waals surface area contributed by atoms with Crippen molar-refractivity contribution in [2.45, 2.75) is 6.92 Å². The molecular formula is C9H8ClNS. The second-order valence-corrected chi connectivity index (χ2v) is 2.99. The highest BCUT2D eigenvalue weighted by Crippen LogP contribution is 2.12. The molecule has 0 aliphatic carbocycles. The second-order valence-electron chi connectivity index (χ2n) is 2.31. The fourth-order valence-electron chi connectivity index (χ4n) is 0.775. The van der Waals surface area contributed by atoms with Crippen LogP contribution in [-0.4, -0.2) is 10.7 Å². The van der Waals surface area contributed by atoms with Gasteiger partial charge in [-0.25, -0.2) is 4.98 Å². The highest BCUT2D eigenvalue weighted by molar-refractivity contribution is 7.80. The van der Waals surface area contributed by atoms with E-state index in [9.17, 15) is 0 Å². The Balaban J connectivity index is 3.05. The molecule has 0 fully saturated rings. The SMILES string of the molecule is Cc1cnc(Cl)c(C#CCS)c1. The highest BCUT2D eigenvalue weighted by atomic mass is 35.5. The van der Waals surface area contributed by atoms with Gasteiger partial charge in [0.25, 0.3) is 0 Å². The molecule has 3 heteroatoms. The van der Waals surface area contributed by atoms with Gasteiger partial charge >= 0.3 is 0 Å². The predicted octanol–water partition coefficient (Wildman–Crippen LogP) is 2.32. The number of pyridine rings is 1. The van der Waals surface area contributed by atoms with Crippen molar-refractivity contribution in [3.63, 3.8) is 0 Å². The van der Waals surface area contributed by atoms with Gasteiger partial charge in [-0.15, -0.1) is 0 Å². The van der Waals surface area contributed by atoms with E-state index in [1.807, 2.05) is 13.0 Å². The summed E-state index contributed by atoms with van der Waals surface area (Å²) in [6.45, 7) is 1.95. The van der Waals surface area contributed by atoms with Gasteiger partial charge in [0.05, 0.1) is 11.3 Å². The van der Waals surface area contributed by atoms with E-state index in [0.717, 1.165) is 11.1 Å². The molecule has 1 rings (SSSR count). The van der Waals surface area contributed by atoms with Gasteiger partial charge in [-0.2, -0.15) is 12.6 Å². The monoisotopic (exact) mass is 197 g/mol. The van der Waals surface area contributed by atoms with Gasteiger partial charge in [0.15, 0.2) is 0 Å². The van der Waals surface area contributed by atoms with Crippen molar-refractivity contribution >= 4 is 24.2 Å². The molecule has 0 aliphatic heterocycles. The topological polar surface area (TPSA) is 12.9 Å². The van der Waals surface area contributed by atoms with Crippen LogP contribution in [0.4, 0.5) is 0 Å². The molecule has 0 amide bonds. The van der Waals surface area contributed by atoms with E-state index < -0.39 is 0 Å². The minimum absolute atomic E-state index is 0.454. The zero-order chi connectivity index (χ0) is 8.97. The summed E-state index contributed by atoms with van der Waals surface area (Å²) in [4.78, 5) is 3.97. The van der Waals surface area contributed by atoms with Crippen molar-refractivity contribution in [3.8, 4) is 11.8 Å². The van der Waals surface area contributed by atoms with Crippen LogP contribution in [0.1, 0.15) is 11.1 Å². The quantitative estimate of drug-likeness (QED) is 0.383. The smallest absolute Gasteiger partial charge is 0.144 e. The normalized spacial score (nSPS) is 8.92. The van der Waals surface area contributed by atoms with Crippen LogP contribution in [0.15, 0.2) is 12.3 Å². The molecule has 1 nitrogen and oxygen atoms in total. The fourth-order valence-corrected chi connectivity index (χ4v) is 1.00. The Hall–Kier alpha value is -0.650. The first-order valence-electron chi connectivity index (χ1n) is 3.46. The van der Waals surface area contributed by atoms with E-state index >= 15 is 0 Å². The molecule has 0 unspecified atom stereocenters. The number of hydrogen-bond donors (Lipinski definition) is 1. The average molecular weight is 198 g/mol. The second kappa shape index (κ2) is 4.39. The van der Waals surface area contributed by atoms with E-state index in [2.05, 4.69) is 29.5 Å². The van der Waals surface area contributed by atoms with E-state index in [1.165, 1.54) is 0 Å². The molecular weight excluding hydrogens is 190 g/mol. The van der Waals surface area contributed by atoms with Crippen molar-refractivity contribution in [2.75, 3.05) is 5.75 Å². The molecule has 0 saturated heterocycles. The molecule has 12 heavy (non-hydrogen) atoms. The lowest BCUT2D eigenvalue weighted by Gasteiger charge is -1.95. The summed E-state index contributed by atoms with van der Waals surface area (Å²) in [5.41, 5.74) is 1.83. The van der Waals surface area contributed by atoms with E-state index in [4.69, 9.17) is 11.6 Å². The Kier molecular flexibility index (Phi) is 3.46. The Labute approximate surface area is 82.6 Å². The van der Waals surface area contributed by atoms with Crippen molar-refractivity contribution in [1.82, 2.24) is 4.98 Å². The third-order valence-corrected chi connectivity index (χ3v) is 1.74. The van der Waals surface area contributed by atoms with Crippen LogP contribution in [0.5, 0.6) is 0 Å².